The van der Waals surface area contributed by atoms with E-state index >= 15 is 0 Å². The summed E-state index contributed by atoms with van der Waals surface area (Å²) in [5, 5.41) is 3.57. The van der Waals surface area contributed by atoms with E-state index in [1.54, 1.807) is 13.3 Å². The SMILES string of the molecule is COc1ccc([C@@H](C)NC(=O)c2cn3c4c(cccc4c2=O)CCC3)cc1. The minimum absolute atomic E-state index is 0.196. The first-order chi connectivity index (χ1) is 13.1. The number of nitrogens with zero attached hydrogens (tertiary/aromatic N) is 1. The van der Waals surface area contributed by atoms with E-state index in [2.05, 4.69) is 11.4 Å². The maximum Gasteiger partial charge on any atom is 0.257 e. The van der Waals surface area contributed by atoms with Crippen LogP contribution in [0, 0.1) is 0 Å². The van der Waals surface area contributed by atoms with Gasteiger partial charge in [0.15, 0.2) is 0 Å². The minimum Gasteiger partial charge on any atom is -0.497 e. The first kappa shape index (κ1) is 17.3. The molecular formula is C22H22N2O3. The molecule has 1 aliphatic heterocycles. The molecule has 0 aliphatic carbocycles. The fraction of sp³-hybridized carbons (Fsp3) is 0.273. The van der Waals surface area contributed by atoms with Crippen LogP contribution < -0.4 is 15.5 Å². The van der Waals surface area contributed by atoms with Crippen molar-refractivity contribution in [1.82, 2.24) is 9.88 Å². The summed E-state index contributed by atoms with van der Waals surface area (Å²) in [7, 11) is 1.62. The number of hydrogen-bond donors (Lipinski definition) is 1. The van der Waals surface area contributed by atoms with E-state index in [1.165, 1.54) is 5.56 Å². The number of benzene rings is 2. The standard InChI is InChI=1S/C22H22N2O3/c1-14(15-8-10-17(27-2)11-9-15)23-22(26)19-13-24-12-4-6-16-5-3-7-18(20(16)24)21(19)25/h3,5,7-11,13-14H,4,6,12H2,1-2H3,(H,23,26)/t14-/m1/s1. The number of aryl methyl sites for hydroxylation is 2. The van der Waals surface area contributed by atoms with E-state index in [-0.39, 0.29) is 22.9 Å². The summed E-state index contributed by atoms with van der Waals surface area (Å²) < 4.78 is 7.21. The Morgan fingerprint density at radius 1 is 1.19 bits per heavy atom. The van der Waals surface area contributed by atoms with Crippen molar-refractivity contribution in [2.75, 3.05) is 7.11 Å². The van der Waals surface area contributed by atoms with Gasteiger partial charge in [-0.2, -0.15) is 0 Å². The van der Waals surface area contributed by atoms with Crippen LogP contribution in [-0.2, 0) is 13.0 Å². The zero-order valence-electron chi connectivity index (χ0n) is 15.5. The summed E-state index contributed by atoms with van der Waals surface area (Å²) >= 11 is 0. The van der Waals surface area contributed by atoms with Gasteiger partial charge in [-0.25, -0.2) is 0 Å². The molecule has 5 nitrogen and oxygen atoms in total. The van der Waals surface area contributed by atoms with Crippen molar-refractivity contribution in [2.45, 2.75) is 32.4 Å². The van der Waals surface area contributed by atoms with Gasteiger partial charge in [0.1, 0.15) is 11.3 Å². The predicted octanol–water partition coefficient (Wildman–Crippen LogP) is 3.45. The number of pyridine rings is 1. The van der Waals surface area contributed by atoms with Crippen LogP contribution in [0.2, 0.25) is 0 Å². The van der Waals surface area contributed by atoms with E-state index in [0.717, 1.165) is 36.2 Å². The van der Waals surface area contributed by atoms with Crippen LogP contribution in [0.15, 0.2) is 53.5 Å². The van der Waals surface area contributed by atoms with Crippen LogP contribution in [0.1, 0.15) is 40.9 Å². The van der Waals surface area contributed by atoms with E-state index in [0.29, 0.717) is 5.39 Å². The summed E-state index contributed by atoms with van der Waals surface area (Å²) in [4.78, 5) is 25.8. The zero-order chi connectivity index (χ0) is 19.0. The lowest BCUT2D eigenvalue weighted by atomic mass is 9.99. The van der Waals surface area contributed by atoms with E-state index in [1.807, 2.05) is 47.9 Å². The maximum absolute atomic E-state index is 12.9. The van der Waals surface area contributed by atoms with Gasteiger partial charge in [0.25, 0.3) is 5.91 Å². The molecule has 4 rings (SSSR count). The molecule has 1 atom stereocenters. The third-order valence-electron chi connectivity index (χ3n) is 5.23. The minimum atomic E-state index is -0.343. The third-order valence-corrected chi connectivity index (χ3v) is 5.23. The molecule has 1 aliphatic rings. The van der Waals surface area contributed by atoms with Crippen LogP contribution >= 0.6 is 0 Å². The second kappa shape index (κ2) is 6.91. The first-order valence-corrected chi connectivity index (χ1v) is 9.18. The fourth-order valence-corrected chi connectivity index (χ4v) is 3.77. The fourth-order valence-electron chi connectivity index (χ4n) is 3.77. The largest absolute Gasteiger partial charge is 0.497 e. The number of aromatic nitrogens is 1. The van der Waals surface area contributed by atoms with Crippen molar-refractivity contribution in [3.8, 4) is 5.75 Å². The van der Waals surface area contributed by atoms with E-state index < -0.39 is 0 Å². The van der Waals surface area contributed by atoms with Crippen LogP contribution in [-0.4, -0.2) is 17.6 Å². The molecule has 0 unspecified atom stereocenters. The number of carbonyl (C=O) groups is 1. The summed E-state index contributed by atoms with van der Waals surface area (Å²) in [6.07, 6.45) is 3.69. The quantitative estimate of drug-likeness (QED) is 0.773. The smallest absolute Gasteiger partial charge is 0.257 e. The van der Waals surface area contributed by atoms with Crippen molar-refractivity contribution >= 4 is 16.8 Å². The maximum atomic E-state index is 12.9. The van der Waals surface area contributed by atoms with Crippen LogP contribution in [0.5, 0.6) is 5.75 Å². The number of hydrogen-bond acceptors (Lipinski definition) is 3. The molecule has 27 heavy (non-hydrogen) atoms. The normalized spacial score (nSPS) is 14.0. The lowest BCUT2D eigenvalue weighted by Gasteiger charge is -2.21. The summed E-state index contributed by atoms with van der Waals surface area (Å²) in [5.74, 6) is 0.421. The van der Waals surface area contributed by atoms with Crippen molar-refractivity contribution in [2.24, 2.45) is 0 Å². The van der Waals surface area contributed by atoms with Gasteiger partial charge in [0.05, 0.1) is 18.7 Å². The molecular weight excluding hydrogens is 340 g/mol. The Hall–Kier alpha value is -3.08. The Kier molecular flexibility index (Phi) is 4.44. The molecule has 0 saturated carbocycles. The highest BCUT2D eigenvalue weighted by Crippen LogP contribution is 2.24. The van der Waals surface area contributed by atoms with Gasteiger partial charge in [-0.15, -0.1) is 0 Å². The number of nitrogens with one attached hydrogen (secondary N) is 1. The summed E-state index contributed by atoms with van der Waals surface area (Å²) in [6.45, 7) is 2.72. The van der Waals surface area contributed by atoms with E-state index in [4.69, 9.17) is 4.74 Å². The molecule has 1 amide bonds. The molecule has 0 saturated heterocycles. The molecule has 2 heterocycles. The Bertz CT molecular complexity index is 1070. The second-order valence-corrected chi connectivity index (χ2v) is 6.95. The number of ether oxygens (including phenoxy) is 1. The van der Waals surface area contributed by atoms with Crippen molar-refractivity contribution < 1.29 is 9.53 Å². The van der Waals surface area contributed by atoms with Gasteiger partial charge in [-0.05, 0) is 49.1 Å². The number of amides is 1. The molecule has 0 radical (unpaired) electrons. The van der Waals surface area contributed by atoms with Gasteiger partial charge >= 0.3 is 0 Å². The van der Waals surface area contributed by atoms with Crippen molar-refractivity contribution in [1.29, 1.82) is 0 Å². The average Bonchev–Trinajstić information content (AvgIpc) is 2.70. The Morgan fingerprint density at radius 2 is 1.96 bits per heavy atom. The van der Waals surface area contributed by atoms with Crippen LogP contribution in [0.25, 0.3) is 10.9 Å². The number of rotatable bonds is 4. The monoisotopic (exact) mass is 362 g/mol. The molecule has 1 aromatic heterocycles. The third kappa shape index (κ3) is 3.10. The first-order valence-electron chi connectivity index (χ1n) is 9.18. The Labute approximate surface area is 157 Å². The highest BCUT2D eigenvalue weighted by atomic mass is 16.5. The highest BCUT2D eigenvalue weighted by molar-refractivity contribution is 5.98. The molecule has 0 fully saturated rings. The van der Waals surface area contributed by atoms with Gasteiger partial charge < -0.3 is 14.6 Å². The lowest BCUT2D eigenvalue weighted by molar-refractivity contribution is 0.0938. The topological polar surface area (TPSA) is 60.3 Å². The average molecular weight is 362 g/mol. The zero-order valence-corrected chi connectivity index (χ0v) is 15.5. The lowest BCUT2D eigenvalue weighted by Crippen LogP contribution is -2.32. The molecule has 0 bridgehead atoms. The molecule has 138 valence electrons. The van der Waals surface area contributed by atoms with Crippen molar-refractivity contribution in [3.05, 3.63) is 75.6 Å². The predicted molar refractivity (Wildman–Crippen MR) is 105 cm³/mol. The molecule has 0 spiro atoms. The van der Waals surface area contributed by atoms with Gasteiger partial charge in [0.2, 0.25) is 5.43 Å². The Morgan fingerprint density at radius 3 is 2.70 bits per heavy atom. The number of carbonyl (C=O) groups excluding carboxylic acids is 1. The van der Waals surface area contributed by atoms with Crippen LogP contribution in [0.3, 0.4) is 0 Å². The molecule has 1 N–H and O–H groups in total. The Balaban J connectivity index is 1.66. The summed E-state index contributed by atoms with van der Waals surface area (Å²) in [6, 6.07) is 13.1. The van der Waals surface area contributed by atoms with Gasteiger partial charge in [-0.3, -0.25) is 9.59 Å². The van der Waals surface area contributed by atoms with Gasteiger partial charge in [-0.1, -0.05) is 24.3 Å². The second-order valence-electron chi connectivity index (χ2n) is 6.95. The van der Waals surface area contributed by atoms with Crippen LogP contribution in [0.4, 0.5) is 0 Å². The molecule has 5 heteroatoms. The number of methoxy groups -OCH3 is 1. The molecule has 3 aromatic rings. The summed E-state index contributed by atoms with van der Waals surface area (Å²) in [5.41, 5.74) is 3.09. The van der Waals surface area contributed by atoms with Crippen molar-refractivity contribution in [3.63, 3.8) is 0 Å². The number of para-hydroxylation sites is 1. The van der Waals surface area contributed by atoms with Gasteiger partial charge in [0, 0.05) is 18.1 Å². The molecule has 2 aromatic carbocycles. The highest BCUT2D eigenvalue weighted by Gasteiger charge is 2.20. The van der Waals surface area contributed by atoms with E-state index in [9.17, 15) is 9.59 Å².